The molecule has 0 aliphatic carbocycles. The Balaban J connectivity index is 2.02. The van der Waals surface area contributed by atoms with Gasteiger partial charge in [-0.3, -0.25) is 4.98 Å². The van der Waals surface area contributed by atoms with Crippen molar-refractivity contribution in [2.75, 3.05) is 0 Å². The van der Waals surface area contributed by atoms with E-state index in [2.05, 4.69) is 9.71 Å². The molecule has 0 bridgehead atoms. The number of aromatic nitrogens is 1. The van der Waals surface area contributed by atoms with E-state index in [0.717, 1.165) is 5.56 Å². The molecule has 0 saturated carbocycles. The van der Waals surface area contributed by atoms with Crippen LogP contribution in [0.2, 0.25) is 5.02 Å². The van der Waals surface area contributed by atoms with Gasteiger partial charge in [-0.05, 0) is 29.3 Å². The number of hydrogen-bond acceptors (Lipinski definition) is 3. The predicted molar refractivity (Wildman–Crippen MR) is 75.2 cm³/mol. The minimum absolute atomic E-state index is 0.127. The van der Waals surface area contributed by atoms with Crippen LogP contribution in [0.5, 0.6) is 0 Å². The Morgan fingerprint density at radius 3 is 2.47 bits per heavy atom. The van der Waals surface area contributed by atoms with E-state index < -0.39 is 10.0 Å². The van der Waals surface area contributed by atoms with Gasteiger partial charge in [0.25, 0.3) is 0 Å². The van der Waals surface area contributed by atoms with Crippen LogP contribution in [-0.4, -0.2) is 13.4 Å². The average Bonchev–Trinajstić information content (AvgIpc) is 2.40. The summed E-state index contributed by atoms with van der Waals surface area (Å²) in [5, 5.41) is 0.455. The molecule has 6 heteroatoms. The van der Waals surface area contributed by atoms with Crippen molar-refractivity contribution in [1.29, 1.82) is 0 Å². The molecular weight excluding hydrogens is 284 g/mol. The zero-order valence-electron chi connectivity index (χ0n) is 10.1. The number of benzene rings is 1. The standard InChI is InChI=1S/C13H13ClN2O2S/c14-13-4-2-1-3-12(13)10-19(17,18)16-9-11-5-7-15-8-6-11/h1-8,16H,9-10H2. The molecule has 0 aliphatic rings. The molecule has 19 heavy (non-hydrogen) atoms. The lowest BCUT2D eigenvalue weighted by molar-refractivity contribution is 0.580. The molecule has 100 valence electrons. The van der Waals surface area contributed by atoms with Gasteiger partial charge in [0.05, 0.1) is 5.75 Å². The summed E-state index contributed by atoms with van der Waals surface area (Å²) in [5.41, 5.74) is 1.45. The maximum Gasteiger partial charge on any atom is 0.216 e. The summed E-state index contributed by atoms with van der Waals surface area (Å²) in [6, 6.07) is 10.4. The van der Waals surface area contributed by atoms with Gasteiger partial charge >= 0.3 is 0 Å². The van der Waals surface area contributed by atoms with Crippen LogP contribution in [0, 0.1) is 0 Å². The molecule has 1 aromatic heterocycles. The molecule has 0 atom stereocenters. The van der Waals surface area contributed by atoms with Gasteiger partial charge in [-0.1, -0.05) is 29.8 Å². The van der Waals surface area contributed by atoms with Crippen molar-refractivity contribution in [3.8, 4) is 0 Å². The second-order valence-corrected chi connectivity index (χ2v) is 6.24. The van der Waals surface area contributed by atoms with Crippen LogP contribution in [-0.2, 0) is 22.3 Å². The zero-order valence-corrected chi connectivity index (χ0v) is 11.7. The van der Waals surface area contributed by atoms with E-state index in [0.29, 0.717) is 10.6 Å². The van der Waals surface area contributed by atoms with Crippen LogP contribution >= 0.6 is 11.6 Å². The summed E-state index contributed by atoms with van der Waals surface area (Å²) in [5.74, 6) is -0.127. The van der Waals surface area contributed by atoms with Gasteiger partial charge in [-0.15, -0.1) is 0 Å². The second kappa shape index (κ2) is 6.14. The third-order valence-corrected chi connectivity index (χ3v) is 4.19. The Labute approximate surface area is 117 Å². The van der Waals surface area contributed by atoms with Gasteiger partial charge in [0.15, 0.2) is 0 Å². The van der Waals surface area contributed by atoms with Gasteiger partial charge in [-0.25, -0.2) is 13.1 Å². The van der Waals surface area contributed by atoms with Crippen LogP contribution in [0.3, 0.4) is 0 Å². The number of pyridine rings is 1. The molecule has 0 unspecified atom stereocenters. The van der Waals surface area contributed by atoms with Gasteiger partial charge < -0.3 is 0 Å². The van der Waals surface area contributed by atoms with Crippen molar-refractivity contribution in [1.82, 2.24) is 9.71 Å². The highest BCUT2D eigenvalue weighted by Crippen LogP contribution is 2.17. The molecule has 0 spiro atoms. The molecule has 0 saturated heterocycles. The van der Waals surface area contributed by atoms with Gasteiger partial charge in [0.1, 0.15) is 0 Å². The van der Waals surface area contributed by atoms with E-state index in [-0.39, 0.29) is 12.3 Å². The number of nitrogens with zero attached hydrogens (tertiary/aromatic N) is 1. The van der Waals surface area contributed by atoms with Crippen LogP contribution < -0.4 is 4.72 Å². The van der Waals surface area contributed by atoms with E-state index in [9.17, 15) is 8.42 Å². The minimum Gasteiger partial charge on any atom is -0.265 e. The number of halogens is 1. The first-order valence-corrected chi connectivity index (χ1v) is 7.69. The lowest BCUT2D eigenvalue weighted by Gasteiger charge is -2.08. The Morgan fingerprint density at radius 1 is 1.11 bits per heavy atom. The minimum atomic E-state index is -3.41. The van der Waals surface area contributed by atoms with E-state index in [1.807, 2.05) is 0 Å². The van der Waals surface area contributed by atoms with Crippen LogP contribution in [0.1, 0.15) is 11.1 Å². The summed E-state index contributed by atoms with van der Waals surface area (Å²) >= 11 is 5.95. The number of hydrogen-bond donors (Lipinski definition) is 1. The molecule has 0 amide bonds. The first kappa shape index (κ1) is 14.0. The first-order valence-electron chi connectivity index (χ1n) is 5.66. The molecule has 0 radical (unpaired) electrons. The maximum absolute atomic E-state index is 11.9. The molecule has 1 aromatic carbocycles. The summed E-state index contributed by atoms with van der Waals surface area (Å²) in [4.78, 5) is 3.87. The van der Waals surface area contributed by atoms with E-state index in [1.54, 1.807) is 48.8 Å². The third-order valence-electron chi connectivity index (χ3n) is 2.55. The Hall–Kier alpha value is -1.43. The molecular formula is C13H13ClN2O2S. The number of nitrogens with one attached hydrogen (secondary N) is 1. The zero-order chi connectivity index (χ0) is 13.7. The largest absolute Gasteiger partial charge is 0.265 e. The van der Waals surface area contributed by atoms with Crippen LogP contribution in [0.25, 0.3) is 0 Å². The summed E-state index contributed by atoms with van der Waals surface area (Å²) in [6.45, 7) is 0.245. The third kappa shape index (κ3) is 4.31. The predicted octanol–water partition coefficient (Wildman–Crippen LogP) is 2.35. The fraction of sp³-hybridized carbons (Fsp3) is 0.154. The Bertz CT molecular complexity index is 645. The topological polar surface area (TPSA) is 59.1 Å². The lowest BCUT2D eigenvalue weighted by atomic mass is 10.2. The van der Waals surface area contributed by atoms with Crippen molar-refractivity contribution in [2.24, 2.45) is 0 Å². The van der Waals surface area contributed by atoms with Gasteiger partial charge in [-0.2, -0.15) is 0 Å². The highest BCUT2D eigenvalue weighted by atomic mass is 35.5. The summed E-state index contributed by atoms with van der Waals surface area (Å²) in [6.07, 6.45) is 3.25. The van der Waals surface area contributed by atoms with Crippen molar-refractivity contribution < 1.29 is 8.42 Å². The monoisotopic (exact) mass is 296 g/mol. The molecule has 1 N–H and O–H groups in total. The Kier molecular flexibility index (Phi) is 4.52. The number of rotatable bonds is 5. The van der Waals surface area contributed by atoms with Crippen molar-refractivity contribution in [3.63, 3.8) is 0 Å². The summed E-state index contributed by atoms with van der Waals surface area (Å²) in [7, 11) is -3.41. The highest BCUT2D eigenvalue weighted by Gasteiger charge is 2.13. The van der Waals surface area contributed by atoms with Gasteiger partial charge in [0.2, 0.25) is 10.0 Å². The fourth-order valence-corrected chi connectivity index (χ4v) is 3.00. The lowest BCUT2D eigenvalue weighted by Crippen LogP contribution is -2.24. The van der Waals surface area contributed by atoms with Crippen molar-refractivity contribution in [3.05, 3.63) is 64.9 Å². The van der Waals surface area contributed by atoms with Crippen LogP contribution in [0.4, 0.5) is 0 Å². The van der Waals surface area contributed by atoms with Gasteiger partial charge in [0, 0.05) is 24.0 Å². The second-order valence-electron chi connectivity index (χ2n) is 4.03. The SMILES string of the molecule is O=S(=O)(Cc1ccccc1Cl)NCc1ccncc1. The highest BCUT2D eigenvalue weighted by molar-refractivity contribution is 7.88. The molecule has 2 aromatic rings. The molecule has 0 aliphatic heterocycles. The maximum atomic E-state index is 11.9. The van der Waals surface area contributed by atoms with E-state index in [4.69, 9.17) is 11.6 Å². The van der Waals surface area contributed by atoms with E-state index in [1.165, 1.54) is 0 Å². The molecule has 0 fully saturated rings. The molecule has 2 rings (SSSR count). The van der Waals surface area contributed by atoms with E-state index >= 15 is 0 Å². The quantitative estimate of drug-likeness (QED) is 0.921. The number of sulfonamides is 1. The molecule has 4 nitrogen and oxygen atoms in total. The van der Waals surface area contributed by atoms with Crippen molar-refractivity contribution >= 4 is 21.6 Å². The fourth-order valence-electron chi connectivity index (χ4n) is 1.57. The molecule has 1 heterocycles. The first-order chi connectivity index (χ1) is 9.07. The van der Waals surface area contributed by atoms with Crippen LogP contribution in [0.15, 0.2) is 48.8 Å². The average molecular weight is 297 g/mol. The smallest absolute Gasteiger partial charge is 0.216 e. The summed E-state index contributed by atoms with van der Waals surface area (Å²) < 4.78 is 26.4. The normalized spacial score (nSPS) is 11.4. The Morgan fingerprint density at radius 2 is 1.79 bits per heavy atom. The van der Waals surface area contributed by atoms with Crippen molar-refractivity contribution in [2.45, 2.75) is 12.3 Å².